The molecule has 3 N–H and O–H groups in total. The van der Waals surface area contributed by atoms with Crippen LogP contribution in [0, 0.1) is 0 Å². The van der Waals surface area contributed by atoms with Crippen molar-refractivity contribution in [3.8, 4) is 0 Å². The first-order valence-electron chi connectivity index (χ1n) is 6.55. The van der Waals surface area contributed by atoms with E-state index in [1.165, 1.54) is 0 Å². The summed E-state index contributed by atoms with van der Waals surface area (Å²) in [4.78, 5) is 11.9. The number of methoxy groups -OCH3 is 1. The Morgan fingerprint density at radius 1 is 1.30 bits per heavy atom. The highest BCUT2D eigenvalue weighted by molar-refractivity contribution is 9.10. The van der Waals surface area contributed by atoms with Crippen LogP contribution in [0.1, 0.15) is 23.2 Å². The van der Waals surface area contributed by atoms with E-state index < -0.39 is 0 Å². The fourth-order valence-electron chi connectivity index (χ4n) is 1.55. The topological polar surface area (TPSA) is 73.6 Å². The van der Waals surface area contributed by atoms with Crippen LogP contribution in [0.25, 0.3) is 0 Å². The van der Waals surface area contributed by atoms with Gasteiger partial charge in [-0.3, -0.25) is 4.79 Å². The summed E-state index contributed by atoms with van der Waals surface area (Å²) in [5, 5.41) is 2.87. The molecule has 0 aliphatic heterocycles. The van der Waals surface area contributed by atoms with E-state index in [1.807, 2.05) is 0 Å². The van der Waals surface area contributed by atoms with Gasteiger partial charge in [-0.1, -0.05) is 0 Å². The Morgan fingerprint density at radius 2 is 2.10 bits per heavy atom. The van der Waals surface area contributed by atoms with Crippen LogP contribution in [-0.4, -0.2) is 39.4 Å². The van der Waals surface area contributed by atoms with Crippen LogP contribution < -0.4 is 11.1 Å². The van der Waals surface area contributed by atoms with Crippen molar-refractivity contribution in [3.05, 3.63) is 28.2 Å². The highest BCUT2D eigenvalue weighted by Gasteiger charge is 2.06. The molecule has 0 heterocycles. The van der Waals surface area contributed by atoms with Crippen LogP contribution in [0.4, 0.5) is 5.69 Å². The zero-order valence-corrected chi connectivity index (χ0v) is 13.2. The van der Waals surface area contributed by atoms with Crippen LogP contribution in [0.5, 0.6) is 0 Å². The lowest BCUT2D eigenvalue weighted by molar-refractivity contribution is 0.0686. The molecule has 6 heteroatoms. The van der Waals surface area contributed by atoms with Crippen molar-refractivity contribution in [2.45, 2.75) is 12.8 Å². The molecule has 1 amide bonds. The molecule has 0 atom stereocenters. The first-order valence-corrected chi connectivity index (χ1v) is 7.34. The van der Waals surface area contributed by atoms with Crippen molar-refractivity contribution in [1.29, 1.82) is 0 Å². The zero-order chi connectivity index (χ0) is 14.8. The molecule has 0 aliphatic rings. The molecule has 1 aromatic rings. The molecule has 0 unspecified atom stereocenters. The number of hydrogen-bond acceptors (Lipinski definition) is 4. The molecule has 0 aliphatic carbocycles. The second-order valence-corrected chi connectivity index (χ2v) is 5.16. The maximum Gasteiger partial charge on any atom is 0.251 e. The predicted octanol–water partition coefficient (Wildman–Crippen LogP) is 2.20. The quantitative estimate of drug-likeness (QED) is 0.532. The molecular weight excluding hydrogens is 324 g/mol. The maximum absolute atomic E-state index is 11.9. The molecule has 0 fully saturated rings. The van der Waals surface area contributed by atoms with Crippen molar-refractivity contribution < 1.29 is 14.3 Å². The molecule has 112 valence electrons. The summed E-state index contributed by atoms with van der Waals surface area (Å²) in [6.07, 6.45) is 1.80. The van der Waals surface area contributed by atoms with Crippen LogP contribution in [0.3, 0.4) is 0 Å². The number of nitrogens with one attached hydrogen (secondary N) is 1. The number of benzene rings is 1. The lowest BCUT2D eigenvalue weighted by Gasteiger charge is -2.07. The van der Waals surface area contributed by atoms with E-state index in [4.69, 9.17) is 15.2 Å². The number of unbranched alkanes of at least 4 members (excludes halogenated alkanes) is 1. The standard InChI is InChI=1S/C14H21BrN2O3/c1-19-8-9-20-7-3-2-6-17-14(18)11-4-5-13(16)12(15)10-11/h4-5,10H,2-3,6-9,16H2,1H3,(H,17,18). The van der Waals surface area contributed by atoms with E-state index in [0.29, 0.717) is 37.6 Å². The van der Waals surface area contributed by atoms with Crippen molar-refractivity contribution in [1.82, 2.24) is 5.32 Å². The van der Waals surface area contributed by atoms with Crippen molar-refractivity contribution in [2.75, 3.05) is 39.2 Å². The van der Waals surface area contributed by atoms with E-state index in [9.17, 15) is 4.79 Å². The third-order valence-electron chi connectivity index (χ3n) is 2.70. The van der Waals surface area contributed by atoms with E-state index in [-0.39, 0.29) is 5.91 Å². The normalized spacial score (nSPS) is 10.5. The van der Waals surface area contributed by atoms with Gasteiger partial charge in [0, 0.05) is 36.0 Å². The molecule has 1 rings (SSSR count). The molecule has 20 heavy (non-hydrogen) atoms. The van der Waals surface area contributed by atoms with Gasteiger partial charge in [-0.2, -0.15) is 0 Å². The van der Waals surface area contributed by atoms with Gasteiger partial charge in [-0.25, -0.2) is 0 Å². The smallest absolute Gasteiger partial charge is 0.251 e. The number of anilines is 1. The number of carbonyl (C=O) groups excluding carboxylic acids is 1. The molecule has 1 aromatic carbocycles. The Hall–Kier alpha value is -1.11. The fourth-order valence-corrected chi connectivity index (χ4v) is 1.92. The van der Waals surface area contributed by atoms with Crippen LogP contribution in [-0.2, 0) is 9.47 Å². The number of ether oxygens (including phenoxy) is 2. The predicted molar refractivity (Wildman–Crippen MR) is 82.8 cm³/mol. The second-order valence-electron chi connectivity index (χ2n) is 4.30. The Labute approximate surface area is 127 Å². The van der Waals surface area contributed by atoms with Crippen LogP contribution in [0.15, 0.2) is 22.7 Å². The van der Waals surface area contributed by atoms with Crippen molar-refractivity contribution in [3.63, 3.8) is 0 Å². The van der Waals surface area contributed by atoms with Gasteiger partial charge in [-0.05, 0) is 47.0 Å². The summed E-state index contributed by atoms with van der Waals surface area (Å²) in [5.41, 5.74) is 6.90. The molecule has 0 saturated heterocycles. The van der Waals surface area contributed by atoms with Gasteiger partial charge in [0.15, 0.2) is 0 Å². The first kappa shape index (κ1) is 16.9. The highest BCUT2D eigenvalue weighted by Crippen LogP contribution is 2.20. The van der Waals surface area contributed by atoms with Gasteiger partial charge in [-0.15, -0.1) is 0 Å². The minimum atomic E-state index is -0.0917. The molecule has 5 nitrogen and oxygen atoms in total. The number of hydrogen-bond donors (Lipinski definition) is 2. The van der Waals surface area contributed by atoms with Gasteiger partial charge in [0.2, 0.25) is 0 Å². The Balaban J connectivity index is 2.15. The Bertz CT molecular complexity index is 427. The monoisotopic (exact) mass is 344 g/mol. The molecule has 0 spiro atoms. The number of rotatable bonds is 9. The van der Waals surface area contributed by atoms with Crippen molar-refractivity contribution >= 4 is 27.5 Å². The fraction of sp³-hybridized carbons (Fsp3) is 0.500. The van der Waals surface area contributed by atoms with E-state index in [1.54, 1.807) is 25.3 Å². The Morgan fingerprint density at radius 3 is 2.80 bits per heavy atom. The van der Waals surface area contributed by atoms with Crippen LogP contribution in [0.2, 0.25) is 0 Å². The van der Waals surface area contributed by atoms with E-state index in [2.05, 4.69) is 21.2 Å². The van der Waals surface area contributed by atoms with Gasteiger partial charge < -0.3 is 20.5 Å². The highest BCUT2D eigenvalue weighted by atomic mass is 79.9. The third kappa shape index (κ3) is 6.36. The maximum atomic E-state index is 11.9. The number of carbonyl (C=O) groups is 1. The molecule has 0 aromatic heterocycles. The summed E-state index contributed by atoms with van der Waals surface area (Å²) in [6, 6.07) is 5.14. The summed E-state index contributed by atoms with van der Waals surface area (Å²) >= 11 is 3.31. The minimum Gasteiger partial charge on any atom is -0.398 e. The summed E-state index contributed by atoms with van der Waals surface area (Å²) < 4.78 is 10.9. The van der Waals surface area contributed by atoms with E-state index >= 15 is 0 Å². The minimum absolute atomic E-state index is 0.0917. The third-order valence-corrected chi connectivity index (χ3v) is 3.38. The molecule has 0 bridgehead atoms. The van der Waals surface area contributed by atoms with Gasteiger partial charge in [0.05, 0.1) is 13.2 Å². The number of nitrogen functional groups attached to an aromatic ring is 1. The zero-order valence-electron chi connectivity index (χ0n) is 11.7. The Kier molecular flexibility index (Phi) is 8.25. The van der Waals surface area contributed by atoms with Gasteiger partial charge in [0.25, 0.3) is 5.91 Å². The van der Waals surface area contributed by atoms with Crippen molar-refractivity contribution in [2.24, 2.45) is 0 Å². The van der Waals surface area contributed by atoms with Gasteiger partial charge >= 0.3 is 0 Å². The summed E-state index contributed by atoms with van der Waals surface area (Å²) in [7, 11) is 1.65. The van der Waals surface area contributed by atoms with E-state index in [0.717, 1.165) is 17.3 Å². The number of nitrogens with two attached hydrogens (primary N) is 1. The lowest BCUT2D eigenvalue weighted by Crippen LogP contribution is -2.24. The molecule has 0 saturated carbocycles. The SMILES string of the molecule is COCCOCCCCNC(=O)c1ccc(N)c(Br)c1. The largest absolute Gasteiger partial charge is 0.398 e. The first-order chi connectivity index (χ1) is 9.65. The summed E-state index contributed by atoms with van der Waals surface area (Å²) in [5.74, 6) is -0.0917. The molecule has 0 radical (unpaired) electrons. The average molecular weight is 345 g/mol. The summed E-state index contributed by atoms with van der Waals surface area (Å²) in [6.45, 7) is 2.55. The average Bonchev–Trinajstić information content (AvgIpc) is 2.44. The second kappa shape index (κ2) is 9.74. The number of amides is 1. The van der Waals surface area contributed by atoms with Gasteiger partial charge in [0.1, 0.15) is 0 Å². The molecular formula is C14H21BrN2O3. The number of halogens is 1. The lowest BCUT2D eigenvalue weighted by atomic mass is 10.2. The van der Waals surface area contributed by atoms with Crippen LogP contribution >= 0.6 is 15.9 Å².